The lowest BCUT2D eigenvalue weighted by Crippen LogP contribution is -2.41. The van der Waals surface area contributed by atoms with Crippen LogP contribution in [0.4, 0.5) is 0 Å². The Bertz CT molecular complexity index is 638. The van der Waals surface area contributed by atoms with E-state index in [1.165, 1.54) is 0 Å². The van der Waals surface area contributed by atoms with Crippen LogP contribution in [0.5, 0.6) is 5.75 Å². The van der Waals surface area contributed by atoms with Gasteiger partial charge in [0.25, 0.3) is 0 Å². The highest BCUT2D eigenvalue weighted by Crippen LogP contribution is 2.39. The Hall–Kier alpha value is -2.08. The van der Waals surface area contributed by atoms with Crippen molar-refractivity contribution in [3.05, 3.63) is 29.8 Å². The van der Waals surface area contributed by atoms with E-state index in [4.69, 9.17) is 18.9 Å². The average molecular weight is 377 g/mol. The first kappa shape index (κ1) is 21.2. The van der Waals surface area contributed by atoms with Crippen molar-refractivity contribution in [2.75, 3.05) is 33.5 Å². The maximum atomic E-state index is 12.5. The van der Waals surface area contributed by atoms with E-state index in [0.29, 0.717) is 38.9 Å². The van der Waals surface area contributed by atoms with Gasteiger partial charge in [0.2, 0.25) is 0 Å². The minimum absolute atomic E-state index is 0.0195. The zero-order chi connectivity index (χ0) is 19.9. The van der Waals surface area contributed by atoms with Crippen LogP contribution in [0.15, 0.2) is 29.3 Å². The van der Waals surface area contributed by atoms with Crippen molar-refractivity contribution < 1.29 is 23.7 Å². The molecule has 0 aliphatic carbocycles. The van der Waals surface area contributed by atoms with Gasteiger partial charge < -0.3 is 18.9 Å². The first-order chi connectivity index (χ1) is 12.9. The Morgan fingerprint density at radius 3 is 2.48 bits per heavy atom. The molecule has 2 unspecified atom stereocenters. The summed E-state index contributed by atoms with van der Waals surface area (Å²) >= 11 is 0. The summed E-state index contributed by atoms with van der Waals surface area (Å²) in [7, 11) is 1.65. The third-order valence-corrected chi connectivity index (χ3v) is 4.85. The normalized spacial score (nSPS) is 19.5. The van der Waals surface area contributed by atoms with Crippen LogP contribution < -0.4 is 4.74 Å². The van der Waals surface area contributed by atoms with Crippen LogP contribution in [-0.2, 0) is 25.6 Å². The summed E-state index contributed by atoms with van der Waals surface area (Å²) in [5.74, 6) is 0.556. The van der Waals surface area contributed by atoms with Gasteiger partial charge in [0.05, 0.1) is 33.5 Å². The van der Waals surface area contributed by atoms with Crippen molar-refractivity contribution in [3.8, 4) is 5.75 Å². The van der Waals surface area contributed by atoms with Crippen LogP contribution >= 0.6 is 0 Å². The fraction of sp³-hybridized carbons (Fsp3) is 0.619. The number of aliphatic imine (C=N–C) groups is 1. The number of hydrogen-bond donors (Lipinski definition) is 0. The van der Waals surface area contributed by atoms with Crippen molar-refractivity contribution >= 4 is 11.9 Å². The molecular formula is C21H31NO5. The van der Waals surface area contributed by atoms with Crippen molar-refractivity contribution in [3.63, 3.8) is 0 Å². The van der Waals surface area contributed by atoms with Crippen LogP contribution in [0.2, 0.25) is 0 Å². The summed E-state index contributed by atoms with van der Waals surface area (Å²) in [5.41, 5.74) is 0.818. The number of nitrogens with zero attached hydrogens (tertiary/aromatic N) is 1. The van der Waals surface area contributed by atoms with E-state index >= 15 is 0 Å². The van der Waals surface area contributed by atoms with E-state index in [1.54, 1.807) is 7.11 Å². The summed E-state index contributed by atoms with van der Waals surface area (Å²) in [4.78, 5) is 17.0. The minimum atomic E-state index is -0.468. The Balaban J connectivity index is 1.99. The van der Waals surface area contributed by atoms with Gasteiger partial charge in [-0.2, -0.15) is 0 Å². The van der Waals surface area contributed by atoms with Crippen LogP contribution in [0, 0.1) is 17.3 Å². The number of ether oxygens (including phenoxy) is 4. The number of esters is 1. The first-order valence-corrected chi connectivity index (χ1v) is 9.47. The second-order valence-electron chi connectivity index (χ2n) is 7.28. The van der Waals surface area contributed by atoms with Crippen LogP contribution in [0.3, 0.4) is 0 Å². The lowest BCUT2D eigenvalue weighted by molar-refractivity contribution is -0.149. The fourth-order valence-corrected chi connectivity index (χ4v) is 3.30. The molecule has 6 heteroatoms. The predicted octanol–water partition coefficient (Wildman–Crippen LogP) is 3.48. The van der Waals surface area contributed by atoms with Gasteiger partial charge in [-0.3, -0.25) is 9.79 Å². The summed E-state index contributed by atoms with van der Waals surface area (Å²) in [5, 5.41) is 0. The van der Waals surface area contributed by atoms with Gasteiger partial charge in [0.15, 0.2) is 5.90 Å². The minimum Gasteiger partial charge on any atom is -0.497 e. The average Bonchev–Trinajstić information content (AvgIpc) is 3.07. The molecule has 0 fully saturated rings. The maximum Gasteiger partial charge on any atom is 0.318 e. The van der Waals surface area contributed by atoms with Crippen molar-refractivity contribution in [1.82, 2.24) is 0 Å². The Labute approximate surface area is 161 Å². The molecule has 0 spiro atoms. The summed E-state index contributed by atoms with van der Waals surface area (Å²) < 4.78 is 22.0. The SMILES string of the molecule is CCOC(=O)C1C(OCC)=NCC1C(C)(C)COCc1ccc(OC)cc1. The third kappa shape index (κ3) is 5.45. The Morgan fingerprint density at radius 1 is 1.19 bits per heavy atom. The number of hydrogen-bond acceptors (Lipinski definition) is 6. The van der Waals surface area contributed by atoms with E-state index in [-0.39, 0.29) is 17.3 Å². The summed E-state index contributed by atoms with van der Waals surface area (Å²) in [6, 6.07) is 7.80. The lowest BCUT2D eigenvalue weighted by atomic mass is 9.73. The molecule has 0 bridgehead atoms. The number of carbonyl (C=O) groups is 1. The largest absolute Gasteiger partial charge is 0.497 e. The molecule has 1 heterocycles. The molecule has 1 aliphatic heterocycles. The fourth-order valence-electron chi connectivity index (χ4n) is 3.30. The lowest BCUT2D eigenvalue weighted by Gasteiger charge is -2.34. The quantitative estimate of drug-likeness (QED) is 0.617. The molecular weight excluding hydrogens is 346 g/mol. The zero-order valence-electron chi connectivity index (χ0n) is 17.0. The molecule has 0 saturated carbocycles. The standard InChI is InChI=1S/C21H31NO5/c1-6-26-19-18(20(23)27-7-2)17(12-22-19)21(3,4)14-25-13-15-8-10-16(24-5)11-9-15/h8-11,17-18H,6-7,12-14H2,1-5H3. The molecule has 0 amide bonds. The second-order valence-corrected chi connectivity index (χ2v) is 7.28. The second kappa shape index (κ2) is 9.74. The highest BCUT2D eigenvalue weighted by Gasteiger charge is 2.47. The monoisotopic (exact) mass is 377 g/mol. The summed E-state index contributed by atoms with van der Waals surface area (Å²) in [6.07, 6.45) is 0. The van der Waals surface area contributed by atoms with Crippen molar-refractivity contribution in [1.29, 1.82) is 0 Å². The smallest absolute Gasteiger partial charge is 0.318 e. The molecule has 0 saturated heterocycles. The van der Waals surface area contributed by atoms with E-state index in [2.05, 4.69) is 18.8 Å². The van der Waals surface area contributed by atoms with Gasteiger partial charge in [-0.25, -0.2) is 0 Å². The topological polar surface area (TPSA) is 66.4 Å². The predicted molar refractivity (Wildman–Crippen MR) is 104 cm³/mol. The number of rotatable bonds is 9. The summed E-state index contributed by atoms with van der Waals surface area (Å²) in [6.45, 7) is 10.3. The number of benzene rings is 1. The van der Waals surface area contributed by atoms with Gasteiger partial charge in [-0.1, -0.05) is 26.0 Å². The van der Waals surface area contributed by atoms with E-state index in [9.17, 15) is 4.79 Å². The molecule has 1 aliphatic rings. The molecule has 150 valence electrons. The van der Waals surface area contributed by atoms with Crippen LogP contribution in [0.1, 0.15) is 33.3 Å². The molecule has 0 radical (unpaired) electrons. The van der Waals surface area contributed by atoms with Gasteiger partial charge in [0.1, 0.15) is 11.7 Å². The van der Waals surface area contributed by atoms with E-state index < -0.39 is 5.92 Å². The maximum absolute atomic E-state index is 12.5. The van der Waals surface area contributed by atoms with Crippen molar-refractivity contribution in [2.45, 2.75) is 34.3 Å². The molecule has 2 atom stereocenters. The molecule has 6 nitrogen and oxygen atoms in total. The molecule has 1 aromatic rings. The molecule has 27 heavy (non-hydrogen) atoms. The van der Waals surface area contributed by atoms with Gasteiger partial charge >= 0.3 is 5.97 Å². The zero-order valence-corrected chi connectivity index (χ0v) is 17.0. The molecule has 1 aromatic carbocycles. The number of carbonyl (C=O) groups excluding carboxylic acids is 1. The van der Waals surface area contributed by atoms with Crippen LogP contribution in [-0.4, -0.2) is 45.3 Å². The highest BCUT2D eigenvalue weighted by atomic mass is 16.5. The van der Waals surface area contributed by atoms with Gasteiger partial charge in [-0.15, -0.1) is 0 Å². The molecule has 2 rings (SSSR count). The van der Waals surface area contributed by atoms with E-state index in [0.717, 1.165) is 11.3 Å². The first-order valence-electron chi connectivity index (χ1n) is 9.47. The van der Waals surface area contributed by atoms with Gasteiger partial charge in [-0.05, 0) is 37.0 Å². The number of methoxy groups -OCH3 is 1. The molecule has 0 N–H and O–H groups in total. The Kier molecular flexibility index (Phi) is 7.66. The third-order valence-electron chi connectivity index (χ3n) is 4.85. The van der Waals surface area contributed by atoms with Crippen LogP contribution in [0.25, 0.3) is 0 Å². The Morgan fingerprint density at radius 2 is 1.89 bits per heavy atom. The van der Waals surface area contributed by atoms with Gasteiger partial charge in [0, 0.05) is 12.5 Å². The highest BCUT2D eigenvalue weighted by molar-refractivity contribution is 5.99. The molecule has 0 aromatic heterocycles. The van der Waals surface area contributed by atoms with Crippen molar-refractivity contribution in [2.24, 2.45) is 22.2 Å². The van der Waals surface area contributed by atoms with E-state index in [1.807, 2.05) is 38.1 Å².